The number of hydrogen-bond donors (Lipinski definition) is 2. The molecule has 0 unspecified atom stereocenters. The molecule has 3 aromatic carbocycles. The highest BCUT2D eigenvalue weighted by atomic mass is 16.5. The lowest BCUT2D eigenvalue weighted by Gasteiger charge is -2.16. The highest BCUT2D eigenvalue weighted by Crippen LogP contribution is 2.15. The number of carbonyl (C=O) groups excluding carboxylic acids is 1. The molecule has 3 aromatic rings. The molecule has 0 aromatic heterocycles. The molecule has 3 rings (SSSR count). The molecule has 0 aliphatic rings. The SMILES string of the molecule is COc1ccc(C[NH2+][C@@H](C(=O)Nc2ccc(C)cc2)c2ccccc2)cc1. The quantitative estimate of drug-likeness (QED) is 0.677. The lowest BCUT2D eigenvalue weighted by atomic mass is 10.1. The Bertz CT molecular complexity index is 859. The van der Waals surface area contributed by atoms with Gasteiger partial charge >= 0.3 is 0 Å². The molecule has 0 saturated carbocycles. The molecule has 0 spiro atoms. The minimum atomic E-state index is -0.324. The van der Waals surface area contributed by atoms with E-state index in [0.717, 1.165) is 22.6 Å². The first-order valence-electron chi connectivity index (χ1n) is 9.04. The van der Waals surface area contributed by atoms with Gasteiger partial charge in [0.05, 0.1) is 7.11 Å². The standard InChI is InChI=1S/C23H24N2O2/c1-17-8-12-20(13-9-17)25-23(26)22(19-6-4-3-5-7-19)24-16-18-10-14-21(27-2)15-11-18/h3-15,22,24H,16H2,1-2H3,(H,25,26)/p+1/t22-/m1/s1. The number of nitrogens with one attached hydrogen (secondary N) is 1. The predicted octanol–water partition coefficient (Wildman–Crippen LogP) is 3.45. The topological polar surface area (TPSA) is 54.9 Å². The van der Waals surface area contributed by atoms with Crippen LogP contribution in [-0.2, 0) is 11.3 Å². The van der Waals surface area contributed by atoms with E-state index in [1.165, 1.54) is 5.56 Å². The molecular weight excluding hydrogens is 336 g/mol. The largest absolute Gasteiger partial charge is 0.497 e. The van der Waals surface area contributed by atoms with Crippen LogP contribution >= 0.6 is 0 Å². The van der Waals surface area contributed by atoms with Gasteiger partial charge in [-0.25, -0.2) is 0 Å². The zero-order chi connectivity index (χ0) is 19.1. The van der Waals surface area contributed by atoms with Crippen molar-refractivity contribution in [3.8, 4) is 5.75 Å². The minimum Gasteiger partial charge on any atom is -0.497 e. The maximum Gasteiger partial charge on any atom is 0.287 e. The minimum absolute atomic E-state index is 0.0291. The second-order valence-electron chi connectivity index (χ2n) is 6.53. The van der Waals surface area contributed by atoms with Crippen LogP contribution in [0, 0.1) is 6.92 Å². The van der Waals surface area contributed by atoms with E-state index < -0.39 is 0 Å². The number of nitrogens with two attached hydrogens (primary N) is 1. The van der Waals surface area contributed by atoms with Crippen LogP contribution < -0.4 is 15.4 Å². The molecule has 27 heavy (non-hydrogen) atoms. The number of carbonyl (C=O) groups is 1. The molecule has 0 bridgehead atoms. The van der Waals surface area contributed by atoms with Crippen LogP contribution in [0.15, 0.2) is 78.9 Å². The van der Waals surface area contributed by atoms with Gasteiger partial charge in [-0.3, -0.25) is 4.79 Å². The first-order chi connectivity index (χ1) is 13.2. The normalized spacial score (nSPS) is 11.6. The van der Waals surface area contributed by atoms with Crippen molar-refractivity contribution in [2.24, 2.45) is 0 Å². The van der Waals surface area contributed by atoms with Crippen molar-refractivity contribution in [3.63, 3.8) is 0 Å². The summed E-state index contributed by atoms with van der Waals surface area (Å²) in [7, 11) is 1.65. The van der Waals surface area contributed by atoms with E-state index in [0.29, 0.717) is 6.54 Å². The fourth-order valence-electron chi connectivity index (χ4n) is 2.93. The Kier molecular flexibility index (Phi) is 6.23. The van der Waals surface area contributed by atoms with Gasteiger partial charge < -0.3 is 15.4 Å². The maximum atomic E-state index is 13.0. The van der Waals surface area contributed by atoms with Crippen LogP contribution in [0.5, 0.6) is 5.75 Å². The number of anilines is 1. The Hall–Kier alpha value is -3.11. The molecule has 1 amide bonds. The number of methoxy groups -OCH3 is 1. The summed E-state index contributed by atoms with van der Waals surface area (Å²) in [5.41, 5.74) is 4.10. The summed E-state index contributed by atoms with van der Waals surface area (Å²) in [5, 5.41) is 5.09. The average molecular weight is 361 g/mol. The summed E-state index contributed by atoms with van der Waals surface area (Å²) in [6.07, 6.45) is 0. The number of ether oxygens (including phenoxy) is 1. The molecule has 1 atom stereocenters. The van der Waals surface area contributed by atoms with Crippen LogP contribution in [-0.4, -0.2) is 13.0 Å². The summed E-state index contributed by atoms with van der Waals surface area (Å²) >= 11 is 0. The van der Waals surface area contributed by atoms with E-state index in [1.807, 2.05) is 85.8 Å². The first kappa shape index (κ1) is 18.7. The van der Waals surface area contributed by atoms with Gasteiger partial charge in [-0.15, -0.1) is 0 Å². The second kappa shape index (κ2) is 9.01. The molecule has 4 heteroatoms. The van der Waals surface area contributed by atoms with Crippen LogP contribution in [0.25, 0.3) is 0 Å². The Morgan fingerprint density at radius 3 is 2.26 bits per heavy atom. The van der Waals surface area contributed by atoms with E-state index in [2.05, 4.69) is 10.6 Å². The van der Waals surface area contributed by atoms with Gasteiger partial charge in [0.25, 0.3) is 5.91 Å². The molecule has 138 valence electrons. The monoisotopic (exact) mass is 361 g/mol. The van der Waals surface area contributed by atoms with E-state index >= 15 is 0 Å². The second-order valence-corrected chi connectivity index (χ2v) is 6.53. The third kappa shape index (κ3) is 5.19. The Labute approximate surface area is 160 Å². The van der Waals surface area contributed by atoms with Gasteiger partial charge in [-0.2, -0.15) is 0 Å². The number of aryl methyl sites for hydroxylation is 1. The number of benzene rings is 3. The third-order valence-corrected chi connectivity index (χ3v) is 4.51. The van der Waals surface area contributed by atoms with Gasteiger partial charge in [-0.05, 0) is 43.3 Å². The van der Waals surface area contributed by atoms with Gasteiger partial charge in [0.2, 0.25) is 0 Å². The van der Waals surface area contributed by atoms with E-state index in [-0.39, 0.29) is 11.9 Å². The van der Waals surface area contributed by atoms with Crippen molar-refractivity contribution in [1.82, 2.24) is 0 Å². The average Bonchev–Trinajstić information content (AvgIpc) is 2.71. The Morgan fingerprint density at radius 1 is 0.963 bits per heavy atom. The molecule has 0 heterocycles. The fourth-order valence-corrected chi connectivity index (χ4v) is 2.93. The summed E-state index contributed by atoms with van der Waals surface area (Å²) < 4.78 is 5.20. The summed E-state index contributed by atoms with van der Waals surface area (Å²) in [6.45, 7) is 2.73. The summed E-state index contributed by atoms with van der Waals surface area (Å²) in [5.74, 6) is 0.800. The third-order valence-electron chi connectivity index (χ3n) is 4.51. The zero-order valence-electron chi connectivity index (χ0n) is 15.7. The van der Waals surface area contributed by atoms with E-state index in [4.69, 9.17) is 4.74 Å². The molecule has 0 aliphatic carbocycles. The van der Waals surface area contributed by atoms with Crippen molar-refractivity contribution in [2.45, 2.75) is 19.5 Å². The van der Waals surface area contributed by atoms with Crippen molar-refractivity contribution in [3.05, 3.63) is 95.6 Å². The number of rotatable bonds is 7. The molecule has 4 nitrogen and oxygen atoms in total. The van der Waals surface area contributed by atoms with Crippen LogP contribution in [0.3, 0.4) is 0 Å². The first-order valence-corrected chi connectivity index (χ1v) is 9.04. The molecule has 0 aliphatic heterocycles. The zero-order valence-corrected chi connectivity index (χ0v) is 15.7. The molecule has 3 N–H and O–H groups in total. The van der Waals surface area contributed by atoms with Gasteiger partial charge in [0, 0.05) is 16.8 Å². The van der Waals surface area contributed by atoms with E-state index in [1.54, 1.807) is 7.11 Å². The summed E-state index contributed by atoms with van der Waals surface area (Å²) in [4.78, 5) is 13.0. The van der Waals surface area contributed by atoms with Crippen LogP contribution in [0.4, 0.5) is 5.69 Å². The van der Waals surface area contributed by atoms with Crippen molar-refractivity contribution in [2.75, 3.05) is 12.4 Å². The maximum absolute atomic E-state index is 13.0. The summed E-state index contributed by atoms with van der Waals surface area (Å²) in [6, 6.07) is 25.3. The lowest BCUT2D eigenvalue weighted by Crippen LogP contribution is -2.85. The van der Waals surface area contributed by atoms with Crippen molar-refractivity contribution >= 4 is 11.6 Å². The number of amides is 1. The number of quaternary nitrogens is 1. The van der Waals surface area contributed by atoms with Gasteiger partial charge in [0.15, 0.2) is 6.04 Å². The van der Waals surface area contributed by atoms with Crippen LogP contribution in [0.2, 0.25) is 0 Å². The molecule has 0 radical (unpaired) electrons. The fraction of sp³-hybridized carbons (Fsp3) is 0.174. The molecular formula is C23H25N2O2+. The highest BCUT2D eigenvalue weighted by molar-refractivity contribution is 5.94. The predicted molar refractivity (Wildman–Crippen MR) is 108 cm³/mol. The number of hydrogen-bond acceptors (Lipinski definition) is 2. The molecule has 0 fully saturated rings. The van der Waals surface area contributed by atoms with Gasteiger partial charge in [0.1, 0.15) is 12.3 Å². The Balaban J connectivity index is 1.74. The van der Waals surface area contributed by atoms with Crippen molar-refractivity contribution in [1.29, 1.82) is 0 Å². The van der Waals surface area contributed by atoms with Crippen molar-refractivity contribution < 1.29 is 14.8 Å². The molecule has 0 saturated heterocycles. The van der Waals surface area contributed by atoms with E-state index in [9.17, 15) is 4.79 Å². The highest BCUT2D eigenvalue weighted by Gasteiger charge is 2.24. The Morgan fingerprint density at radius 2 is 1.63 bits per heavy atom. The lowest BCUT2D eigenvalue weighted by molar-refractivity contribution is -0.697. The van der Waals surface area contributed by atoms with Gasteiger partial charge in [-0.1, -0.05) is 48.0 Å². The van der Waals surface area contributed by atoms with Crippen LogP contribution in [0.1, 0.15) is 22.7 Å². The smallest absolute Gasteiger partial charge is 0.287 e.